The zero-order valence-electron chi connectivity index (χ0n) is 10.4. The first kappa shape index (κ1) is 11.9. The van der Waals surface area contributed by atoms with Gasteiger partial charge in [-0.25, -0.2) is 0 Å². The summed E-state index contributed by atoms with van der Waals surface area (Å²) in [5, 5.41) is 6.10. The highest BCUT2D eigenvalue weighted by Gasteiger charge is 2.21. The van der Waals surface area contributed by atoms with Crippen LogP contribution in [0.4, 0.5) is 5.69 Å². The molecule has 0 aliphatic carbocycles. The number of likely N-dealkylation sites (tertiary alicyclic amines) is 1. The number of nitrogens with one attached hydrogen (secondary N) is 2. The second-order valence-electron chi connectivity index (χ2n) is 4.55. The van der Waals surface area contributed by atoms with Crippen LogP contribution in [0.2, 0.25) is 0 Å². The van der Waals surface area contributed by atoms with Crippen LogP contribution < -0.4 is 10.6 Å². The van der Waals surface area contributed by atoms with E-state index in [0.717, 1.165) is 30.8 Å². The summed E-state index contributed by atoms with van der Waals surface area (Å²) >= 11 is 0. The largest absolute Gasteiger partial charge is 0.388 e. The van der Waals surface area contributed by atoms with Crippen molar-refractivity contribution in [1.29, 1.82) is 0 Å². The van der Waals surface area contributed by atoms with Crippen molar-refractivity contribution in [2.24, 2.45) is 0 Å². The lowest BCUT2D eigenvalue weighted by Gasteiger charge is -2.13. The van der Waals surface area contributed by atoms with E-state index in [1.807, 2.05) is 31.3 Å². The molecule has 0 saturated carbocycles. The Morgan fingerprint density at radius 3 is 2.59 bits per heavy atom. The maximum Gasteiger partial charge on any atom is 0.251 e. The first-order chi connectivity index (χ1) is 8.19. The zero-order chi connectivity index (χ0) is 12.3. The third-order valence-electron chi connectivity index (χ3n) is 3.16. The number of nitrogens with zero attached hydrogens (tertiary/aromatic N) is 1. The molecule has 17 heavy (non-hydrogen) atoms. The normalized spacial score (nSPS) is 20.2. The van der Waals surface area contributed by atoms with E-state index in [9.17, 15) is 4.79 Å². The predicted octanol–water partition coefficient (Wildman–Crippen LogP) is 1.16. The summed E-state index contributed by atoms with van der Waals surface area (Å²) in [7, 11) is 3.94. The lowest BCUT2D eigenvalue weighted by atomic mass is 10.1. The number of amides is 1. The number of rotatable bonds is 3. The molecule has 1 fully saturated rings. The fourth-order valence-electron chi connectivity index (χ4n) is 2.11. The first-order valence-corrected chi connectivity index (χ1v) is 5.96. The number of benzene rings is 1. The molecule has 4 heteroatoms. The van der Waals surface area contributed by atoms with Gasteiger partial charge in [0.25, 0.3) is 5.91 Å². The Kier molecular flexibility index (Phi) is 3.64. The molecule has 1 amide bonds. The molecule has 1 unspecified atom stereocenters. The molecule has 1 aliphatic heterocycles. The maximum atomic E-state index is 12.0. The van der Waals surface area contributed by atoms with Crippen LogP contribution in [0.15, 0.2) is 24.3 Å². The third-order valence-corrected chi connectivity index (χ3v) is 3.16. The van der Waals surface area contributed by atoms with Gasteiger partial charge in [0.1, 0.15) is 0 Å². The molecule has 1 heterocycles. The van der Waals surface area contributed by atoms with Gasteiger partial charge in [-0.2, -0.15) is 0 Å². The van der Waals surface area contributed by atoms with Crippen LogP contribution >= 0.6 is 0 Å². The van der Waals surface area contributed by atoms with E-state index in [4.69, 9.17) is 0 Å². The molecule has 0 spiro atoms. The van der Waals surface area contributed by atoms with Gasteiger partial charge < -0.3 is 15.5 Å². The van der Waals surface area contributed by atoms with Crippen LogP contribution in [0.25, 0.3) is 0 Å². The molecule has 92 valence electrons. The molecular weight excluding hydrogens is 214 g/mol. The van der Waals surface area contributed by atoms with E-state index in [0.29, 0.717) is 0 Å². The minimum atomic E-state index is 0.0213. The Bertz CT molecular complexity index is 388. The van der Waals surface area contributed by atoms with Gasteiger partial charge in [-0.15, -0.1) is 0 Å². The summed E-state index contributed by atoms with van der Waals surface area (Å²) in [5.41, 5.74) is 1.74. The molecule has 0 bridgehead atoms. The fourth-order valence-corrected chi connectivity index (χ4v) is 2.11. The van der Waals surface area contributed by atoms with E-state index in [1.54, 1.807) is 0 Å². The molecule has 1 aromatic carbocycles. The van der Waals surface area contributed by atoms with Crippen molar-refractivity contribution < 1.29 is 4.79 Å². The number of carbonyl (C=O) groups excluding carboxylic acids is 1. The Morgan fingerprint density at radius 1 is 1.35 bits per heavy atom. The van der Waals surface area contributed by atoms with Crippen LogP contribution in [0, 0.1) is 0 Å². The summed E-state index contributed by atoms with van der Waals surface area (Å²) in [6.45, 7) is 2.00. The second kappa shape index (κ2) is 5.19. The summed E-state index contributed by atoms with van der Waals surface area (Å²) in [5.74, 6) is 0.0213. The van der Waals surface area contributed by atoms with Crippen LogP contribution in [-0.4, -0.2) is 44.0 Å². The Balaban J connectivity index is 1.94. The van der Waals surface area contributed by atoms with E-state index in [2.05, 4.69) is 22.6 Å². The number of carbonyl (C=O) groups is 1. The fraction of sp³-hybridized carbons (Fsp3) is 0.462. The average Bonchev–Trinajstić information content (AvgIpc) is 2.75. The second-order valence-corrected chi connectivity index (χ2v) is 4.55. The highest BCUT2D eigenvalue weighted by Crippen LogP contribution is 2.10. The molecule has 0 aromatic heterocycles. The Morgan fingerprint density at radius 2 is 2.06 bits per heavy atom. The number of anilines is 1. The van der Waals surface area contributed by atoms with Crippen molar-refractivity contribution in [1.82, 2.24) is 10.2 Å². The number of likely N-dealkylation sites (N-methyl/N-ethyl adjacent to an activating group) is 1. The Hall–Kier alpha value is -1.55. The third kappa shape index (κ3) is 2.97. The topological polar surface area (TPSA) is 44.4 Å². The highest BCUT2D eigenvalue weighted by atomic mass is 16.1. The molecule has 1 aromatic rings. The van der Waals surface area contributed by atoms with Gasteiger partial charge in [0.15, 0.2) is 0 Å². The lowest BCUT2D eigenvalue weighted by molar-refractivity contribution is 0.0938. The molecule has 1 atom stereocenters. The van der Waals surface area contributed by atoms with E-state index in [1.165, 1.54) is 0 Å². The zero-order valence-corrected chi connectivity index (χ0v) is 10.4. The van der Waals surface area contributed by atoms with Gasteiger partial charge in [0.2, 0.25) is 0 Å². The number of hydrogen-bond acceptors (Lipinski definition) is 3. The molecule has 4 nitrogen and oxygen atoms in total. The molecule has 2 rings (SSSR count). The predicted molar refractivity (Wildman–Crippen MR) is 69.4 cm³/mol. The van der Waals surface area contributed by atoms with Crippen LogP contribution in [-0.2, 0) is 0 Å². The van der Waals surface area contributed by atoms with Crippen LogP contribution in [0.3, 0.4) is 0 Å². The van der Waals surface area contributed by atoms with E-state index >= 15 is 0 Å². The number of hydrogen-bond donors (Lipinski definition) is 2. The standard InChI is InChI=1S/C13H19N3O/c1-14-11-5-3-10(4-6-11)13(17)15-12-7-8-16(2)9-12/h3-6,12,14H,7-9H2,1-2H3,(H,15,17). The minimum absolute atomic E-state index is 0.0213. The van der Waals surface area contributed by atoms with Crippen molar-refractivity contribution >= 4 is 11.6 Å². The summed E-state index contributed by atoms with van der Waals surface area (Å²) in [6.07, 6.45) is 1.04. The van der Waals surface area contributed by atoms with Gasteiger partial charge >= 0.3 is 0 Å². The monoisotopic (exact) mass is 233 g/mol. The summed E-state index contributed by atoms with van der Waals surface area (Å²) < 4.78 is 0. The summed E-state index contributed by atoms with van der Waals surface area (Å²) in [6, 6.07) is 7.81. The molecule has 1 aliphatic rings. The smallest absolute Gasteiger partial charge is 0.251 e. The molecule has 1 saturated heterocycles. The van der Waals surface area contributed by atoms with Gasteiger partial charge in [0.05, 0.1) is 0 Å². The van der Waals surface area contributed by atoms with Crippen LogP contribution in [0.1, 0.15) is 16.8 Å². The van der Waals surface area contributed by atoms with Gasteiger partial charge in [0, 0.05) is 30.9 Å². The van der Waals surface area contributed by atoms with Gasteiger partial charge in [-0.3, -0.25) is 4.79 Å². The highest BCUT2D eigenvalue weighted by molar-refractivity contribution is 5.94. The van der Waals surface area contributed by atoms with Gasteiger partial charge in [-0.1, -0.05) is 0 Å². The van der Waals surface area contributed by atoms with Crippen LogP contribution in [0.5, 0.6) is 0 Å². The van der Waals surface area contributed by atoms with Crippen molar-refractivity contribution in [3.63, 3.8) is 0 Å². The van der Waals surface area contributed by atoms with Crippen molar-refractivity contribution in [2.75, 3.05) is 32.5 Å². The lowest BCUT2D eigenvalue weighted by Crippen LogP contribution is -2.36. The van der Waals surface area contributed by atoms with Crippen molar-refractivity contribution in [2.45, 2.75) is 12.5 Å². The van der Waals surface area contributed by atoms with Crippen molar-refractivity contribution in [3.05, 3.63) is 29.8 Å². The maximum absolute atomic E-state index is 12.0. The average molecular weight is 233 g/mol. The summed E-state index contributed by atoms with van der Waals surface area (Å²) in [4.78, 5) is 14.2. The van der Waals surface area contributed by atoms with E-state index < -0.39 is 0 Å². The first-order valence-electron chi connectivity index (χ1n) is 5.96. The quantitative estimate of drug-likeness (QED) is 0.823. The molecule has 0 radical (unpaired) electrons. The SMILES string of the molecule is CNc1ccc(C(=O)NC2CCN(C)C2)cc1. The minimum Gasteiger partial charge on any atom is -0.388 e. The molecular formula is C13H19N3O. The van der Waals surface area contributed by atoms with E-state index in [-0.39, 0.29) is 11.9 Å². The molecule has 2 N–H and O–H groups in total. The van der Waals surface area contributed by atoms with Crippen molar-refractivity contribution in [3.8, 4) is 0 Å². The van der Waals surface area contributed by atoms with Gasteiger partial charge in [-0.05, 0) is 44.3 Å². The Labute approximate surface area is 102 Å².